The standard InChI is InChI=1S/C29H40N6O3/c1-5-6-11-30-17-23-16-22(7-10-26(23)36-4)25-9-8-24-27(31-25)32-29(35-18-20(2)38-21(3)19-35)33-28(24)34-12-14-37-15-13-34/h7-10,16,20-21,30H,5-6,11-15,17-19H2,1-4H3. The molecule has 1 N–H and O–H groups in total. The Kier molecular flexibility index (Phi) is 8.56. The number of fused-ring (bicyclic) bond motifs is 1. The predicted molar refractivity (Wildman–Crippen MR) is 151 cm³/mol. The summed E-state index contributed by atoms with van der Waals surface area (Å²) in [6, 6.07) is 10.4. The van der Waals surface area contributed by atoms with E-state index in [2.05, 4.69) is 60.2 Å². The van der Waals surface area contributed by atoms with E-state index in [1.54, 1.807) is 7.11 Å². The van der Waals surface area contributed by atoms with Crippen LogP contribution < -0.4 is 19.9 Å². The highest BCUT2D eigenvalue weighted by molar-refractivity contribution is 5.90. The molecule has 2 atom stereocenters. The number of benzene rings is 1. The van der Waals surface area contributed by atoms with E-state index in [1.807, 2.05) is 6.07 Å². The van der Waals surface area contributed by atoms with Crippen molar-refractivity contribution in [2.45, 2.75) is 52.4 Å². The fourth-order valence-corrected chi connectivity index (χ4v) is 5.24. The lowest BCUT2D eigenvalue weighted by atomic mass is 10.1. The Morgan fingerprint density at radius 1 is 1.00 bits per heavy atom. The van der Waals surface area contributed by atoms with Crippen LogP contribution in [0.2, 0.25) is 0 Å². The molecule has 9 nitrogen and oxygen atoms in total. The molecule has 2 unspecified atom stereocenters. The second-order valence-electron chi connectivity index (χ2n) is 10.2. The van der Waals surface area contributed by atoms with E-state index in [1.165, 1.54) is 6.42 Å². The Morgan fingerprint density at radius 3 is 2.53 bits per heavy atom. The summed E-state index contributed by atoms with van der Waals surface area (Å²) in [5, 5.41) is 4.49. The lowest BCUT2D eigenvalue weighted by Crippen LogP contribution is -2.46. The normalized spacial score (nSPS) is 20.2. The summed E-state index contributed by atoms with van der Waals surface area (Å²) in [7, 11) is 1.72. The van der Waals surface area contributed by atoms with Gasteiger partial charge < -0.3 is 29.3 Å². The Labute approximate surface area is 225 Å². The minimum atomic E-state index is 0.118. The molecule has 0 radical (unpaired) electrons. The number of hydrogen-bond acceptors (Lipinski definition) is 9. The maximum atomic E-state index is 5.97. The van der Waals surface area contributed by atoms with Crippen LogP contribution in [0.1, 0.15) is 39.2 Å². The number of methoxy groups -OCH3 is 1. The summed E-state index contributed by atoms with van der Waals surface area (Å²) in [6.07, 6.45) is 2.56. The van der Waals surface area contributed by atoms with E-state index in [0.717, 1.165) is 79.5 Å². The number of nitrogens with one attached hydrogen (secondary N) is 1. The van der Waals surface area contributed by atoms with Gasteiger partial charge in [0.05, 0.1) is 43.6 Å². The van der Waals surface area contributed by atoms with Crippen molar-refractivity contribution >= 4 is 22.8 Å². The van der Waals surface area contributed by atoms with Gasteiger partial charge in [-0.1, -0.05) is 13.3 Å². The summed E-state index contributed by atoms with van der Waals surface area (Å²) in [6.45, 7) is 12.6. The molecular weight excluding hydrogens is 480 g/mol. The molecule has 0 amide bonds. The summed E-state index contributed by atoms with van der Waals surface area (Å²) in [4.78, 5) is 19.6. The molecule has 1 aromatic carbocycles. The van der Waals surface area contributed by atoms with Crippen LogP contribution in [0.3, 0.4) is 0 Å². The predicted octanol–water partition coefficient (Wildman–Crippen LogP) is 4.04. The van der Waals surface area contributed by atoms with Gasteiger partial charge in [0.15, 0.2) is 5.65 Å². The van der Waals surface area contributed by atoms with Crippen LogP contribution in [-0.2, 0) is 16.0 Å². The van der Waals surface area contributed by atoms with Gasteiger partial charge in [0.25, 0.3) is 0 Å². The lowest BCUT2D eigenvalue weighted by Gasteiger charge is -2.36. The number of nitrogens with zero attached hydrogens (tertiary/aromatic N) is 5. The highest BCUT2D eigenvalue weighted by atomic mass is 16.5. The zero-order chi connectivity index (χ0) is 26.5. The summed E-state index contributed by atoms with van der Waals surface area (Å²) >= 11 is 0. The number of rotatable bonds is 9. The third kappa shape index (κ3) is 6.00. The molecule has 204 valence electrons. The zero-order valence-corrected chi connectivity index (χ0v) is 23.1. The molecule has 2 fully saturated rings. The van der Waals surface area contributed by atoms with Crippen molar-refractivity contribution in [3.05, 3.63) is 35.9 Å². The smallest absolute Gasteiger partial charge is 0.229 e. The van der Waals surface area contributed by atoms with Crippen molar-refractivity contribution in [1.29, 1.82) is 0 Å². The molecule has 38 heavy (non-hydrogen) atoms. The van der Waals surface area contributed by atoms with Gasteiger partial charge in [0, 0.05) is 43.9 Å². The second kappa shape index (κ2) is 12.2. The molecule has 2 aliphatic rings. The van der Waals surface area contributed by atoms with Crippen molar-refractivity contribution in [1.82, 2.24) is 20.3 Å². The molecular formula is C29H40N6O3. The van der Waals surface area contributed by atoms with Gasteiger partial charge in [-0.25, -0.2) is 4.98 Å². The first kappa shape index (κ1) is 26.6. The van der Waals surface area contributed by atoms with E-state index in [9.17, 15) is 0 Å². The lowest BCUT2D eigenvalue weighted by molar-refractivity contribution is -0.00570. The van der Waals surface area contributed by atoms with Gasteiger partial charge in [0.2, 0.25) is 5.95 Å². The van der Waals surface area contributed by atoms with Crippen molar-refractivity contribution in [2.75, 3.05) is 62.8 Å². The minimum absolute atomic E-state index is 0.118. The highest BCUT2D eigenvalue weighted by Gasteiger charge is 2.26. The first-order valence-corrected chi connectivity index (χ1v) is 13.9. The third-order valence-electron chi connectivity index (χ3n) is 7.14. The molecule has 2 aliphatic heterocycles. The number of ether oxygens (including phenoxy) is 3. The van der Waals surface area contributed by atoms with Crippen LogP contribution in [0.15, 0.2) is 30.3 Å². The molecule has 0 saturated carbocycles. The van der Waals surface area contributed by atoms with Gasteiger partial charge in [-0.15, -0.1) is 0 Å². The first-order chi connectivity index (χ1) is 18.6. The van der Waals surface area contributed by atoms with Crippen molar-refractivity contribution < 1.29 is 14.2 Å². The van der Waals surface area contributed by atoms with Gasteiger partial charge in [0.1, 0.15) is 11.6 Å². The van der Waals surface area contributed by atoms with Crippen LogP contribution in [0.5, 0.6) is 5.75 Å². The first-order valence-electron chi connectivity index (χ1n) is 13.9. The average molecular weight is 521 g/mol. The highest BCUT2D eigenvalue weighted by Crippen LogP contribution is 2.31. The Morgan fingerprint density at radius 2 is 1.79 bits per heavy atom. The number of morpholine rings is 2. The maximum absolute atomic E-state index is 5.97. The zero-order valence-electron chi connectivity index (χ0n) is 23.1. The Bertz CT molecular complexity index is 1220. The number of pyridine rings is 1. The number of anilines is 2. The van der Waals surface area contributed by atoms with Crippen molar-refractivity contribution in [3.63, 3.8) is 0 Å². The number of aromatic nitrogens is 3. The molecule has 2 aromatic heterocycles. The van der Waals surface area contributed by atoms with Gasteiger partial charge in [-0.2, -0.15) is 9.97 Å². The Balaban J connectivity index is 1.53. The van der Waals surface area contributed by atoms with E-state index in [0.29, 0.717) is 24.8 Å². The molecule has 5 rings (SSSR count). The second-order valence-corrected chi connectivity index (χ2v) is 10.2. The SMILES string of the molecule is CCCCNCc1cc(-c2ccc3c(N4CCOCC4)nc(N4CC(C)OC(C)C4)nc3n2)ccc1OC. The monoisotopic (exact) mass is 520 g/mol. The van der Waals surface area contributed by atoms with E-state index in [4.69, 9.17) is 29.2 Å². The number of hydrogen-bond donors (Lipinski definition) is 1. The minimum Gasteiger partial charge on any atom is -0.496 e. The van der Waals surface area contributed by atoms with Crippen molar-refractivity contribution in [3.8, 4) is 17.0 Å². The fraction of sp³-hybridized carbons (Fsp3) is 0.552. The van der Waals surface area contributed by atoms with Gasteiger partial charge in [-0.05, 0) is 57.1 Å². The van der Waals surface area contributed by atoms with Crippen LogP contribution >= 0.6 is 0 Å². The third-order valence-corrected chi connectivity index (χ3v) is 7.14. The summed E-state index contributed by atoms with van der Waals surface area (Å²) in [5.41, 5.74) is 3.76. The number of unbranched alkanes of at least 4 members (excludes halogenated alkanes) is 1. The van der Waals surface area contributed by atoms with Gasteiger partial charge in [-0.3, -0.25) is 0 Å². The van der Waals surface area contributed by atoms with E-state index >= 15 is 0 Å². The summed E-state index contributed by atoms with van der Waals surface area (Å²) < 4.78 is 17.2. The fourth-order valence-electron chi connectivity index (χ4n) is 5.24. The van der Waals surface area contributed by atoms with Crippen LogP contribution in [0, 0.1) is 0 Å². The summed E-state index contributed by atoms with van der Waals surface area (Å²) in [5.74, 6) is 2.52. The Hall–Kier alpha value is -3.01. The van der Waals surface area contributed by atoms with Crippen LogP contribution in [0.25, 0.3) is 22.3 Å². The molecule has 0 spiro atoms. The quantitative estimate of drug-likeness (QED) is 0.420. The largest absolute Gasteiger partial charge is 0.496 e. The van der Waals surface area contributed by atoms with E-state index in [-0.39, 0.29) is 12.2 Å². The molecule has 4 heterocycles. The molecule has 0 bridgehead atoms. The van der Waals surface area contributed by atoms with Crippen LogP contribution in [-0.4, -0.2) is 80.2 Å². The van der Waals surface area contributed by atoms with Crippen LogP contribution in [0.4, 0.5) is 11.8 Å². The topological polar surface area (TPSA) is 84.9 Å². The van der Waals surface area contributed by atoms with Crippen molar-refractivity contribution in [2.24, 2.45) is 0 Å². The molecule has 9 heteroatoms. The van der Waals surface area contributed by atoms with Gasteiger partial charge >= 0.3 is 0 Å². The average Bonchev–Trinajstić information content (AvgIpc) is 2.94. The van der Waals surface area contributed by atoms with E-state index < -0.39 is 0 Å². The molecule has 3 aromatic rings. The molecule has 0 aliphatic carbocycles. The maximum Gasteiger partial charge on any atom is 0.229 e. The molecule has 2 saturated heterocycles.